The van der Waals surface area contributed by atoms with Crippen LogP contribution in [0.1, 0.15) is 26.6 Å². The number of aromatic nitrogens is 2. The van der Waals surface area contributed by atoms with Crippen molar-refractivity contribution in [3.63, 3.8) is 0 Å². The van der Waals surface area contributed by atoms with Gasteiger partial charge in [-0.1, -0.05) is 32.5 Å². The Hall–Kier alpha value is -0.130. The molecule has 0 bridgehead atoms. The highest BCUT2D eigenvalue weighted by Gasteiger charge is 2.25. The molecule has 2 N–H and O–H groups in total. The lowest BCUT2D eigenvalue weighted by atomic mass is 9.92. The van der Waals surface area contributed by atoms with E-state index in [2.05, 4.69) is 30.1 Å². The molecule has 0 radical (unpaired) electrons. The molecule has 0 aliphatic rings. The molecule has 0 aliphatic heterocycles. The second-order valence-electron chi connectivity index (χ2n) is 4.32. The maximum atomic E-state index is 5.75. The number of thioether (sulfide) groups is 1. The fourth-order valence-corrected chi connectivity index (χ4v) is 2.96. The Bertz CT molecular complexity index is 290. The van der Waals surface area contributed by atoms with E-state index in [4.69, 9.17) is 5.73 Å². The third kappa shape index (κ3) is 3.22. The number of nitrogens with two attached hydrogens (primary N) is 1. The molecule has 0 saturated carbocycles. The topological polar surface area (TPSA) is 51.8 Å². The van der Waals surface area contributed by atoms with E-state index in [0.29, 0.717) is 11.8 Å². The summed E-state index contributed by atoms with van der Waals surface area (Å²) in [6, 6.07) is 0. The highest BCUT2D eigenvalue weighted by atomic mass is 32.2. The Morgan fingerprint density at radius 2 is 2.14 bits per heavy atom. The Labute approximate surface area is 93.7 Å². The van der Waals surface area contributed by atoms with Gasteiger partial charge in [0.05, 0.1) is 0 Å². The molecule has 3 nitrogen and oxygen atoms in total. The van der Waals surface area contributed by atoms with Crippen LogP contribution < -0.4 is 5.73 Å². The molecular formula is C9H17N3S2. The van der Waals surface area contributed by atoms with Crippen LogP contribution in [0.15, 0.2) is 4.34 Å². The molecule has 1 unspecified atom stereocenters. The van der Waals surface area contributed by atoms with Crippen LogP contribution in [-0.2, 0) is 0 Å². The van der Waals surface area contributed by atoms with Crippen LogP contribution in [0.5, 0.6) is 0 Å². The van der Waals surface area contributed by atoms with Crippen LogP contribution in [0.4, 0.5) is 0 Å². The molecule has 1 rings (SSSR count). The number of rotatable bonds is 3. The van der Waals surface area contributed by atoms with Gasteiger partial charge in [0.25, 0.3) is 0 Å². The molecule has 0 amide bonds. The van der Waals surface area contributed by atoms with Crippen LogP contribution in [0, 0.1) is 12.3 Å². The van der Waals surface area contributed by atoms with Crippen molar-refractivity contribution in [2.24, 2.45) is 11.1 Å². The largest absolute Gasteiger partial charge is 0.329 e. The van der Waals surface area contributed by atoms with Crippen LogP contribution >= 0.6 is 23.3 Å². The van der Waals surface area contributed by atoms with Gasteiger partial charge in [0, 0.05) is 11.8 Å². The maximum absolute atomic E-state index is 5.75. The van der Waals surface area contributed by atoms with E-state index in [9.17, 15) is 0 Å². The summed E-state index contributed by atoms with van der Waals surface area (Å²) in [5.41, 5.74) is 5.96. The van der Waals surface area contributed by atoms with Crippen molar-refractivity contribution in [2.75, 3.05) is 6.54 Å². The second-order valence-corrected chi connectivity index (χ2v) is 6.52. The molecule has 0 aromatic carbocycles. The first-order chi connectivity index (χ1) is 6.43. The van der Waals surface area contributed by atoms with E-state index >= 15 is 0 Å². The fraction of sp³-hybridized carbons (Fsp3) is 0.778. The first-order valence-electron chi connectivity index (χ1n) is 4.60. The Kier molecular flexibility index (Phi) is 3.92. The van der Waals surface area contributed by atoms with E-state index < -0.39 is 0 Å². The molecule has 1 heterocycles. The van der Waals surface area contributed by atoms with Gasteiger partial charge in [-0.25, -0.2) is 4.98 Å². The number of aryl methyl sites for hydroxylation is 1. The normalized spacial score (nSPS) is 14.4. The SMILES string of the molecule is Cc1nsc(SC(CN)C(C)(C)C)n1. The molecule has 1 aromatic heterocycles. The van der Waals surface area contributed by atoms with E-state index in [1.54, 1.807) is 11.8 Å². The van der Waals surface area contributed by atoms with Gasteiger partial charge in [0.2, 0.25) is 0 Å². The van der Waals surface area contributed by atoms with Gasteiger partial charge in [-0.3, -0.25) is 0 Å². The van der Waals surface area contributed by atoms with Crippen molar-refractivity contribution in [3.05, 3.63) is 5.82 Å². The summed E-state index contributed by atoms with van der Waals surface area (Å²) < 4.78 is 5.18. The van der Waals surface area contributed by atoms with Gasteiger partial charge >= 0.3 is 0 Å². The Morgan fingerprint density at radius 1 is 1.50 bits per heavy atom. The van der Waals surface area contributed by atoms with Crippen LogP contribution in [0.25, 0.3) is 0 Å². The molecule has 0 spiro atoms. The lowest BCUT2D eigenvalue weighted by Gasteiger charge is -2.27. The van der Waals surface area contributed by atoms with Crippen molar-refractivity contribution in [2.45, 2.75) is 37.3 Å². The Balaban J connectivity index is 2.66. The second kappa shape index (κ2) is 4.59. The number of hydrogen-bond donors (Lipinski definition) is 1. The smallest absolute Gasteiger partial charge is 0.170 e. The maximum Gasteiger partial charge on any atom is 0.170 e. The lowest BCUT2D eigenvalue weighted by molar-refractivity contribution is 0.398. The first-order valence-corrected chi connectivity index (χ1v) is 6.26. The van der Waals surface area contributed by atoms with Gasteiger partial charge in [-0.15, -0.1) is 0 Å². The lowest BCUT2D eigenvalue weighted by Crippen LogP contribution is -2.30. The first kappa shape index (κ1) is 11.9. The zero-order chi connectivity index (χ0) is 10.8. The van der Waals surface area contributed by atoms with Crippen molar-refractivity contribution in [1.29, 1.82) is 0 Å². The van der Waals surface area contributed by atoms with Crippen LogP contribution in [-0.4, -0.2) is 21.2 Å². The van der Waals surface area contributed by atoms with Crippen molar-refractivity contribution < 1.29 is 0 Å². The van der Waals surface area contributed by atoms with Crippen LogP contribution in [0.2, 0.25) is 0 Å². The predicted molar refractivity (Wildman–Crippen MR) is 62.8 cm³/mol. The number of nitrogens with zero attached hydrogens (tertiary/aromatic N) is 2. The molecule has 0 aliphatic carbocycles. The highest BCUT2D eigenvalue weighted by Crippen LogP contribution is 2.35. The van der Waals surface area contributed by atoms with Gasteiger partial charge in [0.1, 0.15) is 5.82 Å². The minimum atomic E-state index is 0.207. The molecule has 0 fully saturated rings. The molecule has 5 heteroatoms. The zero-order valence-corrected chi connectivity index (χ0v) is 10.7. The minimum absolute atomic E-state index is 0.207. The third-order valence-corrected chi connectivity index (χ3v) is 4.52. The third-order valence-electron chi connectivity index (χ3n) is 1.93. The average molecular weight is 231 g/mol. The monoisotopic (exact) mass is 231 g/mol. The van der Waals surface area contributed by atoms with Crippen molar-refractivity contribution in [1.82, 2.24) is 9.36 Å². The van der Waals surface area contributed by atoms with E-state index in [1.165, 1.54) is 11.5 Å². The molecule has 0 saturated heterocycles. The van der Waals surface area contributed by atoms with Gasteiger partial charge in [-0.05, 0) is 23.9 Å². The Morgan fingerprint density at radius 3 is 2.50 bits per heavy atom. The van der Waals surface area contributed by atoms with Crippen molar-refractivity contribution in [3.8, 4) is 0 Å². The van der Waals surface area contributed by atoms with Gasteiger partial charge < -0.3 is 5.73 Å². The summed E-state index contributed by atoms with van der Waals surface area (Å²) in [7, 11) is 0. The van der Waals surface area contributed by atoms with Gasteiger partial charge in [-0.2, -0.15) is 4.37 Å². The van der Waals surface area contributed by atoms with Gasteiger partial charge in [0.15, 0.2) is 4.34 Å². The summed E-state index contributed by atoms with van der Waals surface area (Å²) in [5, 5.41) is 0.398. The predicted octanol–water partition coefficient (Wildman–Crippen LogP) is 2.31. The molecule has 14 heavy (non-hydrogen) atoms. The summed E-state index contributed by atoms with van der Waals surface area (Å²) in [6.07, 6.45) is 0. The molecular weight excluding hydrogens is 214 g/mol. The standard InChI is InChI=1S/C9H17N3S2/c1-6-11-8(14-12-6)13-7(5-10)9(2,3)4/h7H,5,10H2,1-4H3. The van der Waals surface area contributed by atoms with E-state index in [0.717, 1.165) is 10.2 Å². The minimum Gasteiger partial charge on any atom is -0.329 e. The number of hydrogen-bond acceptors (Lipinski definition) is 5. The van der Waals surface area contributed by atoms with Crippen molar-refractivity contribution >= 4 is 23.3 Å². The molecule has 1 aromatic rings. The quantitative estimate of drug-likeness (QED) is 0.811. The molecule has 1 atom stereocenters. The molecule has 80 valence electrons. The summed E-state index contributed by atoms with van der Waals surface area (Å²) in [4.78, 5) is 4.33. The average Bonchev–Trinajstić information content (AvgIpc) is 2.45. The zero-order valence-electron chi connectivity index (χ0n) is 9.07. The fourth-order valence-electron chi connectivity index (χ4n) is 1.03. The highest BCUT2D eigenvalue weighted by molar-refractivity contribution is 8.01. The summed E-state index contributed by atoms with van der Waals surface area (Å²) >= 11 is 3.19. The van der Waals surface area contributed by atoms with E-state index in [-0.39, 0.29) is 5.41 Å². The summed E-state index contributed by atoms with van der Waals surface area (Å²) in [5.74, 6) is 0.849. The van der Waals surface area contributed by atoms with Crippen LogP contribution in [0.3, 0.4) is 0 Å². The summed E-state index contributed by atoms with van der Waals surface area (Å²) in [6.45, 7) is 9.18. The van der Waals surface area contributed by atoms with E-state index in [1.807, 2.05) is 6.92 Å².